The van der Waals surface area contributed by atoms with Gasteiger partial charge in [-0.2, -0.15) is 5.10 Å². The van der Waals surface area contributed by atoms with Crippen LogP contribution in [0.1, 0.15) is 38.3 Å². The molecule has 14 heavy (non-hydrogen) atoms. The molecule has 0 aliphatic heterocycles. The zero-order chi connectivity index (χ0) is 10.9. The lowest BCUT2D eigenvalue weighted by Gasteiger charge is -2.24. The van der Waals surface area contributed by atoms with E-state index in [-0.39, 0.29) is 11.1 Å². The van der Waals surface area contributed by atoms with Crippen molar-refractivity contribution in [1.82, 2.24) is 9.78 Å². The minimum atomic E-state index is -0.199. The summed E-state index contributed by atoms with van der Waals surface area (Å²) in [6.45, 7) is 9.87. The third-order valence-electron chi connectivity index (χ3n) is 2.91. The fourth-order valence-corrected chi connectivity index (χ4v) is 1.20. The third kappa shape index (κ3) is 1.72. The molecule has 1 aromatic rings. The fourth-order valence-electron chi connectivity index (χ4n) is 1.20. The van der Waals surface area contributed by atoms with Crippen LogP contribution in [-0.4, -0.2) is 9.78 Å². The van der Waals surface area contributed by atoms with Crippen LogP contribution in [0.25, 0.3) is 0 Å². The molecule has 0 atom stereocenters. The minimum Gasteiger partial charge on any atom is -0.267 e. The van der Waals surface area contributed by atoms with Crippen molar-refractivity contribution >= 4 is 0 Å². The molecule has 0 N–H and O–H groups in total. The lowest BCUT2D eigenvalue weighted by Crippen LogP contribution is -2.39. The molecule has 0 radical (unpaired) electrons. The summed E-state index contributed by atoms with van der Waals surface area (Å²) in [4.78, 5) is 11.9. The van der Waals surface area contributed by atoms with Gasteiger partial charge < -0.3 is 0 Å². The summed E-state index contributed by atoms with van der Waals surface area (Å²) in [7, 11) is 0. The quantitative estimate of drug-likeness (QED) is 0.721. The third-order valence-corrected chi connectivity index (χ3v) is 2.91. The van der Waals surface area contributed by atoms with Crippen LogP contribution in [0.15, 0.2) is 11.0 Å². The fraction of sp³-hybridized carbons (Fsp3) is 0.636. The van der Waals surface area contributed by atoms with Crippen molar-refractivity contribution in [1.29, 1.82) is 0 Å². The van der Waals surface area contributed by atoms with Gasteiger partial charge in [-0.15, -0.1) is 0 Å². The van der Waals surface area contributed by atoms with Crippen molar-refractivity contribution in [3.05, 3.63) is 27.7 Å². The van der Waals surface area contributed by atoms with Crippen molar-refractivity contribution in [2.75, 3.05) is 0 Å². The van der Waals surface area contributed by atoms with Crippen molar-refractivity contribution < 1.29 is 0 Å². The number of aryl methyl sites for hydroxylation is 1. The van der Waals surface area contributed by atoms with Crippen molar-refractivity contribution in [3.63, 3.8) is 0 Å². The van der Waals surface area contributed by atoms with E-state index in [0.29, 0.717) is 0 Å². The van der Waals surface area contributed by atoms with Crippen LogP contribution >= 0.6 is 0 Å². The van der Waals surface area contributed by atoms with E-state index in [1.54, 1.807) is 10.9 Å². The first kappa shape index (κ1) is 11.0. The molecule has 0 aliphatic carbocycles. The average Bonchev–Trinajstić information content (AvgIpc) is 2.14. The topological polar surface area (TPSA) is 34.9 Å². The predicted molar refractivity (Wildman–Crippen MR) is 57.6 cm³/mol. The van der Waals surface area contributed by atoms with Crippen molar-refractivity contribution in [2.24, 2.45) is 0 Å². The Morgan fingerprint density at radius 2 is 2.00 bits per heavy atom. The summed E-state index contributed by atoms with van der Waals surface area (Å²) in [6.07, 6.45) is 2.65. The first-order valence-corrected chi connectivity index (χ1v) is 4.96. The number of nitrogens with zero attached hydrogens (tertiary/aromatic N) is 2. The second-order valence-electron chi connectivity index (χ2n) is 4.34. The highest BCUT2D eigenvalue weighted by Crippen LogP contribution is 2.15. The molecule has 0 aliphatic rings. The lowest BCUT2D eigenvalue weighted by molar-refractivity contribution is 0.292. The van der Waals surface area contributed by atoms with Gasteiger partial charge >= 0.3 is 0 Å². The SMILES string of the molecule is CCC(C)(C)n1ncc(C)c(C)c1=O. The molecule has 3 heteroatoms. The Morgan fingerprint density at radius 3 is 2.50 bits per heavy atom. The van der Waals surface area contributed by atoms with Crippen LogP contribution in [0.2, 0.25) is 0 Å². The van der Waals surface area contributed by atoms with E-state index in [4.69, 9.17) is 0 Å². The first-order valence-electron chi connectivity index (χ1n) is 4.96. The Labute approximate surface area is 84.8 Å². The maximum absolute atomic E-state index is 11.9. The summed E-state index contributed by atoms with van der Waals surface area (Å²) in [5.74, 6) is 0. The minimum absolute atomic E-state index is 0.0249. The highest BCUT2D eigenvalue weighted by atomic mass is 16.1. The molecule has 0 unspecified atom stereocenters. The first-order chi connectivity index (χ1) is 6.40. The second kappa shape index (κ2) is 3.56. The maximum atomic E-state index is 11.9. The molecular formula is C11H18N2O. The number of hydrogen-bond donors (Lipinski definition) is 0. The molecule has 0 spiro atoms. The van der Waals surface area contributed by atoms with Gasteiger partial charge in [0.2, 0.25) is 0 Å². The molecule has 0 saturated carbocycles. The summed E-state index contributed by atoms with van der Waals surface area (Å²) < 4.78 is 1.58. The van der Waals surface area contributed by atoms with Gasteiger partial charge in [0.15, 0.2) is 0 Å². The largest absolute Gasteiger partial charge is 0.270 e. The average molecular weight is 194 g/mol. The molecule has 1 rings (SSSR count). The molecule has 0 saturated heterocycles. The number of hydrogen-bond acceptors (Lipinski definition) is 2. The van der Waals surface area contributed by atoms with Crippen molar-refractivity contribution in [2.45, 2.75) is 46.6 Å². The van der Waals surface area contributed by atoms with Crippen LogP contribution in [0.4, 0.5) is 0 Å². The molecule has 3 nitrogen and oxygen atoms in total. The van der Waals surface area contributed by atoms with Gasteiger partial charge in [-0.25, -0.2) is 4.68 Å². The summed E-state index contributed by atoms with van der Waals surface area (Å²) in [6, 6.07) is 0. The Bertz CT molecular complexity index is 391. The smallest absolute Gasteiger partial charge is 0.267 e. The van der Waals surface area contributed by atoms with Crippen LogP contribution in [0, 0.1) is 13.8 Å². The standard InChI is InChI=1S/C11H18N2O/c1-6-11(4,5)13-10(14)9(3)8(2)7-12-13/h7H,6H2,1-5H3. The predicted octanol–water partition coefficient (Wildman–Crippen LogP) is 2.01. The van der Waals surface area contributed by atoms with Gasteiger partial charge in [0.25, 0.3) is 5.56 Å². The summed E-state index contributed by atoms with van der Waals surface area (Å²) >= 11 is 0. The Balaban J connectivity index is 3.39. The lowest BCUT2D eigenvalue weighted by atomic mass is 10.0. The van der Waals surface area contributed by atoms with E-state index in [9.17, 15) is 4.79 Å². The van der Waals surface area contributed by atoms with Gasteiger partial charge in [-0.3, -0.25) is 4.79 Å². The van der Waals surface area contributed by atoms with E-state index in [2.05, 4.69) is 12.0 Å². The highest BCUT2D eigenvalue weighted by molar-refractivity contribution is 5.17. The van der Waals surface area contributed by atoms with Crippen molar-refractivity contribution in [3.8, 4) is 0 Å². The molecular weight excluding hydrogens is 176 g/mol. The summed E-state index contributed by atoms with van der Waals surface area (Å²) in [5, 5.41) is 4.19. The monoisotopic (exact) mass is 194 g/mol. The van der Waals surface area contributed by atoms with E-state index in [0.717, 1.165) is 17.5 Å². The van der Waals surface area contributed by atoms with Gasteiger partial charge in [-0.1, -0.05) is 6.92 Å². The maximum Gasteiger partial charge on any atom is 0.270 e. The van der Waals surface area contributed by atoms with Gasteiger partial charge in [0.1, 0.15) is 0 Å². The molecule has 1 aromatic heterocycles. The van der Waals surface area contributed by atoms with Crippen LogP contribution in [0.3, 0.4) is 0 Å². The number of rotatable bonds is 2. The van der Waals surface area contributed by atoms with Crippen LogP contribution in [0.5, 0.6) is 0 Å². The number of aromatic nitrogens is 2. The van der Waals surface area contributed by atoms with Crippen LogP contribution < -0.4 is 5.56 Å². The molecule has 1 heterocycles. The van der Waals surface area contributed by atoms with E-state index < -0.39 is 0 Å². The Kier molecular flexibility index (Phi) is 2.79. The van der Waals surface area contributed by atoms with Gasteiger partial charge in [0.05, 0.1) is 11.7 Å². The van der Waals surface area contributed by atoms with E-state index in [1.807, 2.05) is 27.7 Å². The van der Waals surface area contributed by atoms with Crippen LogP contribution in [-0.2, 0) is 5.54 Å². The zero-order valence-electron chi connectivity index (χ0n) is 9.59. The van der Waals surface area contributed by atoms with Gasteiger partial charge in [0, 0.05) is 5.56 Å². The Hall–Kier alpha value is -1.12. The molecule has 0 aromatic carbocycles. The molecule has 0 fully saturated rings. The summed E-state index contributed by atoms with van der Waals surface area (Å²) in [5.41, 5.74) is 1.58. The molecule has 0 bridgehead atoms. The van der Waals surface area contributed by atoms with E-state index >= 15 is 0 Å². The van der Waals surface area contributed by atoms with Gasteiger partial charge in [-0.05, 0) is 39.7 Å². The molecule has 78 valence electrons. The van der Waals surface area contributed by atoms with E-state index in [1.165, 1.54) is 0 Å². The molecule has 0 amide bonds. The second-order valence-corrected chi connectivity index (χ2v) is 4.34. The highest BCUT2D eigenvalue weighted by Gasteiger charge is 2.20. The normalized spacial score (nSPS) is 11.8. The Morgan fingerprint density at radius 1 is 1.43 bits per heavy atom. The zero-order valence-corrected chi connectivity index (χ0v) is 9.59.